The van der Waals surface area contributed by atoms with Gasteiger partial charge in [-0.25, -0.2) is 0 Å². The summed E-state index contributed by atoms with van der Waals surface area (Å²) in [6.45, 7) is 6.22. The van der Waals surface area contributed by atoms with Gasteiger partial charge in [-0.2, -0.15) is 4.98 Å². The maximum absolute atomic E-state index is 5.41. The van der Waals surface area contributed by atoms with E-state index in [1.54, 1.807) is 11.3 Å². The maximum Gasteiger partial charge on any atom is 0.241 e. The number of hydrogen-bond donors (Lipinski definition) is 1. The Morgan fingerprint density at radius 1 is 1.52 bits per heavy atom. The average Bonchev–Trinajstić information content (AvgIpc) is 3.21. The standard InChI is InChI=1S/C15H22N4OS/c1-2-8-19(10-12-5-3-7-16-12)11-14-17-15(18-20-14)13-6-4-9-21-13/h4,6,9,12,16H,2-3,5,7-8,10-11H2,1H3. The van der Waals surface area contributed by atoms with Gasteiger partial charge in [-0.3, -0.25) is 4.90 Å². The molecule has 5 nitrogen and oxygen atoms in total. The highest BCUT2D eigenvalue weighted by atomic mass is 32.1. The van der Waals surface area contributed by atoms with Crippen LogP contribution < -0.4 is 5.32 Å². The zero-order chi connectivity index (χ0) is 14.5. The van der Waals surface area contributed by atoms with Gasteiger partial charge in [0, 0.05) is 12.6 Å². The quantitative estimate of drug-likeness (QED) is 0.852. The number of thiophene rings is 1. The van der Waals surface area contributed by atoms with E-state index < -0.39 is 0 Å². The summed E-state index contributed by atoms with van der Waals surface area (Å²) < 4.78 is 5.41. The minimum Gasteiger partial charge on any atom is -0.338 e. The van der Waals surface area contributed by atoms with Gasteiger partial charge in [-0.1, -0.05) is 18.1 Å². The molecule has 1 unspecified atom stereocenters. The molecule has 3 rings (SSSR count). The lowest BCUT2D eigenvalue weighted by molar-refractivity contribution is 0.210. The van der Waals surface area contributed by atoms with Gasteiger partial charge in [0.1, 0.15) is 0 Å². The third-order valence-corrected chi connectivity index (χ3v) is 4.62. The van der Waals surface area contributed by atoms with Crippen LogP contribution in [-0.4, -0.2) is 40.7 Å². The number of nitrogens with zero attached hydrogens (tertiary/aromatic N) is 3. The normalized spacial score (nSPS) is 18.7. The van der Waals surface area contributed by atoms with Crippen LogP contribution in [0.2, 0.25) is 0 Å². The van der Waals surface area contributed by atoms with E-state index in [1.165, 1.54) is 12.8 Å². The first kappa shape index (κ1) is 14.7. The molecule has 2 aromatic heterocycles. The third-order valence-electron chi connectivity index (χ3n) is 3.75. The van der Waals surface area contributed by atoms with Crippen LogP contribution in [0.3, 0.4) is 0 Å². The van der Waals surface area contributed by atoms with Crippen LogP contribution in [-0.2, 0) is 6.54 Å². The molecule has 0 saturated carbocycles. The van der Waals surface area contributed by atoms with E-state index in [-0.39, 0.29) is 0 Å². The summed E-state index contributed by atoms with van der Waals surface area (Å²) in [6, 6.07) is 4.63. The predicted molar refractivity (Wildman–Crippen MR) is 84.2 cm³/mol. The molecule has 0 aliphatic carbocycles. The van der Waals surface area contributed by atoms with Crippen molar-refractivity contribution >= 4 is 11.3 Å². The lowest BCUT2D eigenvalue weighted by Crippen LogP contribution is -2.37. The molecule has 0 bridgehead atoms. The molecule has 1 aliphatic heterocycles. The Labute approximate surface area is 129 Å². The summed E-state index contributed by atoms with van der Waals surface area (Å²) in [4.78, 5) is 7.99. The van der Waals surface area contributed by atoms with Crippen molar-refractivity contribution in [2.45, 2.75) is 38.8 Å². The van der Waals surface area contributed by atoms with Crippen molar-refractivity contribution in [1.29, 1.82) is 0 Å². The first-order valence-corrected chi connectivity index (χ1v) is 8.55. The van der Waals surface area contributed by atoms with Crippen molar-refractivity contribution < 1.29 is 4.52 Å². The Kier molecular flexibility index (Phi) is 5.00. The Morgan fingerprint density at radius 2 is 2.48 bits per heavy atom. The number of aromatic nitrogens is 2. The van der Waals surface area contributed by atoms with Crippen LogP contribution in [0.1, 0.15) is 32.1 Å². The molecule has 1 fully saturated rings. The summed E-state index contributed by atoms with van der Waals surface area (Å²) in [5.41, 5.74) is 0. The molecule has 1 saturated heterocycles. The summed E-state index contributed by atoms with van der Waals surface area (Å²) in [7, 11) is 0. The molecule has 6 heteroatoms. The zero-order valence-corrected chi connectivity index (χ0v) is 13.2. The first-order valence-electron chi connectivity index (χ1n) is 7.67. The second kappa shape index (κ2) is 7.15. The second-order valence-electron chi connectivity index (χ2n) is 5.52. The Balaban J connectivity index is 1.62. The van der Waals surface area contributed by atoms with E-state index in [0.29, 0.717) is 17.8 Å². The van der Waals surface area contributed by atoms with E-state index in [2.05, 4.69) is 27.3 Å². The largest absolute Gasteiger partial charge is 0.338 e. The number of rotatable bonds is 7. The highest BCUT2D eigenvalue weighted by Crippen LogP contribution is 2.21. The first-order chi connectivity index (χ1) is 10.3. The number of nitrogens with one attached hydrogen (secondary N) is 1. The van der Waals surface area contributed by atoms with Crippen LogP contribution in [0, 0.1) is 0 Å². The van der Waals surface area contributed by atoms with Gasteiger partial charge in [0.2, 0.25) is 11.7 Å². The zero-order valence-electron chi connectivity index (χ0n) is 12.4. The lowest BCUT2D eigenvalue weighted by Gasteiger charge is -2.23. The smallest absolute Gasteiger partial charge is 0.241 e. The van der Waals surface area contributed by atoms with Crippen molar-refractivity contribution in [3.05, 3.63) is 23.4 Å². The fourth-order valence-electron chi connectivity index (χ4n) is 2.79. The highest BCUT2D eigenvalue weighted by Gasteiger charge is 2.19. The van der Waals surface area contributed by atoms with E-state index in [4.69, 9.17) is 4.52 Å². The van der Waals surface area contributed by atoms with Gasteiger partial charge < -0.3 is 9.84 Å². The third kappa shape index (κ3) is 3.90. The Hall–Kier alpha value is -1.24. The van der Waals surface area contributed by atoms with E-state index in [9.17, 15) is 0 Å². The summed E-state index contributed by atoms with van der Waals surface area (Å²) in [6.07, 6.45) is 3.69. The van der Waals surface area contributed by atoms with Gasteiger partial charge in [-0.05, 0) is 43.8 Å². The monoisotopic (exact) mass is 306 g/mol. The average molecular weight is 306 g/mol. The molecular weight excluding hydrogens is 284 g/mol. The van der Waals surface area contributed by atoms with Crippen molar-refractivity contribution in [3.8, 4) is 10.7 Å². The van der Waals surface area contributed by atoms with Crippen LogP contribution >= 0.6 is 11.3 Å². The second-order valence-corrected chi connectivity index (χ2v) is 6.47. The molecule has 0 amide bonds. The summed E-state index contributed by atoms with van der Waals surface area (Å²) >= 11 is 1.64. The molecule has 1 aliphatic rings. The molecule has 21 heavy (non-hydrogen) atoms. The molecule has 0 aromatic carbocycles. The van der Waals surface area contributed by atoms with Crippen molar-refractivity contribution in [2.75, 3.05) is 19.6 Å². The SMILES string of the molecule is CCCN(Cc1nc(-c2cccs2)no1)CC1CCCN1. The van der Waals surface area contributed by atoms with Crippen molar-refractivity contribution in [2.24, 2.45) is 0 Å². The van der Waals surface area contributed by atoms with E-state index >= 15 is 0 Å². The van der Waals surface area contributed by atoms with Crippen molar-refractivity contribution in [1.82, 2.24) is 20.4 Å². The summed E-state index contributed by atoms with van der Waals surface area (Å²) in [5, 5.41) is 9.67. The van der Waals surface area contributed by atoms with Gasteiger partial charge in [-0.15, -0.1) is 11.3 Å². The van der Waals surface area contributed by atoms with Crippen LogP contribution in [0.5, 0.6) is 0 Å². The fraction of sp³-hybridized carbons (Fsp3) is 0.600. The van der Waals surface area contributed by atoms with Crippen LogP contribution in [0.25, 0.3) is 10.7 Å². The molecule has 114 valence electrons. The van der Waals surface area contributed by atoms with Crippen LogP contribution in [0.15, 0.2) is 22.0 Å². The molecule has 0 radical (unpaired) electrons. The molecule has 1 N–H and O–H groups in total. The van der Waals surface area contributed by atoms with E-state index in [1.807, 2.05) is 17.5 Å². The van der Waals surface area contributed by atoms with E-state index in [0.717, 1.165) is 37.5 Å². The molecule has 3 heterocycles. The summed E-state index contributed by atoms with van der Waals surface area (Å²) in [5.74, 6) is 1.42. The van der Waals surface area contributed by atoms with Gasteiger partial charge >= 0.3 is 0 Å². The molecular formula is C15H22N4OS. The maximum atomic E-state index is 5.41. The topological polar surface area (TPSA) is 54.2 Å². The molecule has 0 spiro atoms. The molecule has 1 atom stereocenters. The van der Waals surface area contributed by atoms with Gasteiger partial charge in [0.15, 0.2) is 0 Å². The number of hydrogen-bond acceptors (Lipinski definition) is 6. The highest BCUT2D eigenvalue weighted by molar-refractivity contribution is 7.13. The van der Waals surface area contributed by atoms with Crippen LogP contribution in [0.4, 0.5) is 0 Å². The predicted octanol–water partition coefficient (Wildman–Crippen LogP) is 2.76. The Morgan fingerprint density at radius 3 is 3.19 bits per heavy atom. The minimum absolute atomic E-state index is 0.608. The van der Waals surface area contributed by atoms with Crippen molar-refractivity contribution in [3.63, 3.8) is 0 Å². The fourth-order valence-corrected chi connectivity index (χ4v) is 3.44. The molecule has 2 aromatic rings. The minimum atomic E-state index is 0.608. The van der Waals surface area contributed by atoms with Gasteiger partial charge in [0.25, 0.3) is 0 Å². The van der Waals surface area contributed by atoms with Gasteiger partial charge in [0.05, 0.1) is 11.4 Å². The Bertz CT molecular complexity index is 534. The lowest BCUT2D eigenvalue weighted by atomic mass is 10.2.